The second-order valence-corrected chi connectivity index (χ2v) is 9.96. The van der Waals surface area contributed by atoms with Crippen LogP contribution in [-0.2, 0) is 22.4 Å². The van der Waals surface area contributed by atoms with Crippen molar-refractivity contribution in [1.82, 2.24) is 30.4 Å². The van der Waals surface area contributed by atoms with E-state index in [9.17, 15) is 9.59 Å². The van der Waals surface area contributed by atoms with Crippen molar-refractivity contribution in [1.29, 1.82) is 0 Å². The number of carbonyl (C=O) groups excluding carboxylic acids is 2. The smallest absolute Gasteiger partial charge is 0.232 e. The number of nitrogens with zero attached hydrogens (tertiary/aromatic N) is 6. The highest BCUT2D eigenvalue weighted by molar-refractivity contribution is 7.15. The first kappa shape index (κ1) is 25.5. The van der Waals surface area contributed by atoms with Crippen molar-refractivity contribution < 1.29 is 9.59 Å². The Kier molecular flexibility index (Phi) is 9.51. The van der Waals surface area contributed by atoms with E-state index in [-0.39, 0.29) is 24.7 Å². The summed E-state index contributed by atoms with van der Waals surface area (Å²) in [5.41, 5.74) is 3.06. The second-order valence-electron chi connectivity index (χ2n) is 8.12. The standard InChI is InChI=1S/C15H18N4OS.C9H8N4OS/c20-13(10-12-8-4-5-9-16-12)17-15-19-18-14(21-15)11-6-2-1-3-7-11;14-8(12-9-13-11-6-15-9)5-7-3-1-2-4-10-7/h4-5,8-9,11H,1-3,6-7,10H2,(H,17,19,20);1-4,6H,5H2,(H,12,13,14). The lowest BCUT2D eigenvalue weighted by Crippen LogP contribution is -2.14. The predicted octanol–water partition coefficient (Wildman–Crippen LogP) is 4.28. The fourth-order valence-corrected chi connectivity index (χ4v) is 5.08. The van der Waals surface area contributed by atoms with Crippen LogP contribution in [0.15, 0.2) is 54.3 Å². The van der Waals surface area contributed by atoms with Crippen LogP contribution in [0.2, 0.25) is 0 Å². The van der Waals surface area contributed by atoms with Crippen molar-refractivity contribution in [3.63, 3.8) is 0 Å². The van der Waals surface area contributed by atoms with Crippen LogP contribution in [0.4, 0.5) is 10.3 Å². The maximum Gasteiger partial charge on any atom is 0.232 e. The van der Waals surface area contributed by atoms with Gasteiger partial charge in [-0.3, -0.25) is 19.6 Å². The molecule has 0 aliphatic heterocycles. The Bertz CT molecular complexity index is 1210. The minimum Gasteiger partial charge on any atom is -0.300 e. The molecule has 4 heterocycles. The monoisotopic (exact) mass is 522 g/mol. The fraction of sp³-hybridized carbons (Fsp3) is 0.333. The molecule has 1 saturated carbocycles. The second kappa shape index (κ2) is 13.4. The molecule has 1 fully saturated rings. The topological polar surface area (TPSA) is 136 Å². The molecule has 0 spiro atoms. The van der Waals surface area contributed by atoms with E-state index in [0.29, 0.717) is 16.2 Å². The van der Waals surface area contributed by atoms with Gasteiger partial charge in [0.05, 0.1) is 12.8 Å². The highest BCUT2D eigenvalue weighted by atomic mass is 32.1. The molecule has 36 heavy (non-hydrogen) atoms. The number of hydrogen-bond acceptors (Lipinski definition) is 10. The van der Waals surface area contributed by atoms with Gasteiger partial charge in [0.1, 0.15) is 10.5 Å². The van der Waals surface area contributed by atoms with Crippen LogP contribution >= 0.6 is 22.7 Å². The highest BCUT2D eigenvalue weighted by Crippen LogP contribution is 2.35. The van der Waals surface area contributed by atoms with Gasteiger partial charge in [-0.25, -0.2) is 0 Å². The Balaban J connectivity index is 0.000000179. The molecule has 2 amide bonds. The SMILES string of the molecule is O=C(Cc1ccccn1)Nc1nnc(C2CCCCC2)s1.O=C(Cc1ccccn1)Nc1nncs1. The number of rotatable bonds is 7. The summed E-state index contributed by atoms with van der Waals surface area (Å²) in [7, 11) is 0. The summed E-state index contributed by atoms with van der Waals surface area (Å²) in [5.74, 6) is 0.295. The van der Waals surface area contributed by atoms with Crippen molar-refractivity contribution in [2.45, 2.75) is 50.9 Å². The van der Waals surface area contributed by atoms with Crippen LogP contribution in [0, 0.1) is 0 Å². The van der Waals surface area contributed by atoms with Crippen LogP contribution in [0.1, 0.15) is 54.4 Å². The van der Waals surface area contributed by atoms with E-state index in [2.05, 4.69) is 41.0 Å². The van der Waals surface area contributed by atoms with E-state index >= 15 is 0 Å². The molecule has 4 aromatic heterocycles. The maximum atomic E-state index is 12.0. The minimum absolute atomic E-state index is 0.0972. The molecule has 1 aliphatic carbocycles. The third kappa shape index (κ3) is 8.24. The Labute approximate surface area is 216 Å². The summed E-state index contributed by atoms with van der Waals surface area (Å²) in [4.78, 5) is 31.6. The zero-order valence-electron chi connectivity index (χ0n) is 19.5. The number of pyridine rings is 2. The van der Waals surface area contributed by atoms with E-state index in [4.69, 9.17) is 0 Å². The van der Waals surface area contributed by atoms with Crippen molar-refractivity contribution >= 4 is 44.8 Å². The molecule has 0 radical (unpaired) electrons. The average molecular weight is 523 g/mol. The molecule has 10 nitrogen and oxygen atoms in total. The number of amides is 2. The van der Waals surface area contributed by atoms with E-state index in [1.54, 1.807) is 24.0 Å². The molecule has 0 aromatic carbocycles. The molecule has 12 heteroatoms. The maximum absolute atomic E-state index is 12.0. The Hall–Kier alpha value is -3.64. The molecule has 0 bridgehead atoms. The fourth-order valence-electron chi connectivity index (χ4n) is 3.69. The summed E-state index contributed by atoms with van der Waals surface area (Å²) < 4.78 is 0. The van der Waals surface area contributed by atoms with Crippen molar-refractivity contribution in [3.05, 3.63) is 70.7 Å². The summed E-state index contributed by atoms with van der Waals surface area (Å²) in [5, 5.41) is 23.3. The molecule has 0 saturated heterocycles. The van der Waals surface area contributed by atoms with Gasteiger partial charge >= 0.3 is 0 Å². The molecular weight excluding hydrogens is 496 g/mol. The average Bonchev–Trinajstić information content (AvgIpc) is 3.58. The zero-order valence-corrected chi connectivity index (χ0v) is 21.2. The van der Waals surface area contributed by atoms with Crippen LogP contribution in [0.5, 0.6) is 0 Å². The van der Waals surface area contributed by atoms with E-state index < -0.39 is 0 Å². The van der Waals surface area contributed by atoms with Gasteiger partial charge in [-0.15, -0.1) is 20.4 Å². The lowest BCUT2D eigenvalue weighted by Gasteiger charge is -2.18. The summed E-state index contributed by atoms with van der Waals surface area (Å²) >= 11 is 2.79. The molecule has 5 rings (SSSR count). The zero-order chi connectivity index (χ0) is 25.0. The number of carbonyl (C=O) groups is 2. The number of nitrogens with one attached hydrogen (secondary N) is 2. The normalized spacial score (nSPS) is 13.3. The first-order chi connectivity index (χ1) is 17.7. The summed E-state index contributed by atoms with van der Waals surface area (Å²) in [6.45, 7) is 0. The molecule has 4 aromatic rings. The quantitative estimate of drug-likeness (QED) is 0.367. The van der Waals surface area contributed by atoms with Crippen LogP contribution < -0.4 is 10.6 Å². The molecule has 186 valence electrons. The van der Waals surface area contributed by atoms with Gasteiger partial charge < -0.3 is 10.6 Å². The first-order valence-corrected chi connectivity index (χ1v) is 13.3. The Morgan fingerprint density at radius 1 is 0.806 bits per heavy atom. The van der Waals surface area contributed by atoms with Gasteiger partial charge in [-0.05, 0) is 37.1 Å². The van der Waals surface area contributed by atoms with Gasteiger partial charge in [0.15, 0.2) is 0 Å². The Morgan fingerprint density at radius 2 is 1.44 bits per heavy atom. The highest BCUT2D eigenvalue weighted by Gasteiger charge is 2.20. The Morgan fingerprint density at radius 3 is 2.00 bits per heavy atom. The van der Waals surface area contributed by atoms with Crippen molar-refractivity contribution in [3.8, 4) is 0 Å². The molecule has 1 aliphatic rings. The minimum atomic E-state index is -0.134. The van der Waals surface area contributed by atoms with E-state index in [1.807, 2.05) is 30.3 Å². The molecule has 2 N–H and O–H groups in total. The summed E-state index contributed by atoms with van der Waals surface area (Å²) in [6, 6.07) is 11.0. The van der Waals surface area contributed by atoms with Crippen molar-refractivity contribution in [2.75, 3.05) is 10.6 Å². The molecular formula is C24H26N8O2S2. The number of aromatic nitrogens is 6. The number of hydrogen-bond donors (Lipinski definition) is 2. The van der Waals surface area contributed by atoms with Crippen molar-refractivity contribution in [2.24, 2.45) is 0 Å². The van der Waals surface area contributed by atoms with Gasteiger partial charge in [0.25, 0.3) is 0 Å². The largest absolute Gasteiger partial charge is 0.300 e. The first-order valence-electron chi connectivity index (χ1n) is 11.6. The number of anilines is 2. The van der Waals surface area contributed by atoms with Gasteiger partial charge in [0, 0.05) is 29.7 Å². The lowest BCUT2D eigenvalue weighted by atomic mass is 9.90. The van der Waals surface area contributed by atoms with Crippen LogP contribution in [0.25, 0.3) is 0 Å². The van der Waals surface area contributed by atoms with Crippen LogP contribution in [0.3, 0.4) is 0 Å². The van der Waals surface area contributed by atoms with Gasteiger partial charge in [-0.1, -0.05) is 54.1 Å². The van der Waals surface area contributed by atoms with Crippen LogP contribution in [-0.4, -0.2) is 42.2 Å². The third-order valence-electron chi connectivity index (χ3n) is 5.38. The van der Waals surface area contributed by atoms with Gasteiger partial charge in [-0.2, -0.15) is 0 Å². The predicted molar refractivity (Wildman–Crippen MR) is 139 cm³/mol. The van der Waals surface area contributed by atoms with Gasteiger partial charge in [0.2, 0.25) is 22.1 Å². The lowest BCUT2D eigenvalue weighted by molar-refractivity contribution is -0.116. The third-order valence-corrected chi connectivity index (χ3v) is 6.99. The summed E-state index contributed by atoms with van der Waals surface area (Å²) in [6.07, 6.45) is 10.1. The molecule has 0 unspecified atom stereocenters. The van der Waals surface area contributed by atoms with E-state index in [0.717, 1.165) is 16.4 Å². The molecule has 0 atom stereocenters. The van der Waals surface area contributed by atoms with E-state index in [1.165, 1.54) is 54.8 Å².